The summed E-state index contributed by atoms with van der Waals surface area (Å²) < 4.78 is 7.17. The Morgan fingerprint density at radius 1 is 1.62 bits per heavy atom. The van der Waals surface area contributed by atoms with Crippen LogP contribution in [0.1, 0.15) is 33.0 Å². The van der Waals surface area contributed by atoms with Crippen molar-refractivity contribution >= 4 is 5.97 Å². The van der Waals surface area contributed by atoms with Crippen LogP contribution in [0.5, 0.6) is 0 Å². The molecule has 0 aliphatic heterocycles. The van der Waals surface area contributed by atoms with Crippen LogP contribution in [-0.2, 0) is 23.1 Å². The number of aromatic nitrogens is 2. The molecule has 0 aromatic carbocycles. The van der Waals surface area contributed by atoms with Crippen molar-refractivity contribution in [2.24, 2.45) is 7.05 Å². The molecule has 0 spiro atoms. The lowest BCUT2D eigenvalue weighted by atomic mass is 9.93. The maximum atomic E-state index is 12.1. The molecule has 6 nitrogen and oxygen atoms in total. The molecule has 1 rings (SSSR count). The average molecular weight is 296 g/mol. The monoisotopic (exact) mass is 296 g/mol. The van der Waals surface area contributed by atoms with Crippen LogP contribution < -0.4 is 5.32 Å². The molecule has 120 valence electrons. The van der Waals surface area contributed by atoms with Gasteiger partial charge in [-0.05, 0) is 41.3 Å². The molecule has 0 fully saturated rings. The largest absolute Gasteiger partial charge is 0.465 e. The minimum absolute atomic E-state index is 0.204. The van der Waals surface area contributed by atoms with Crippen molar-refractivity contribution in [1.29, 1.82) is 0 Å². The highest BCUT2D eigenvalue weighted by atomic mass is 16.5. The molecule has 0 saturated heterocycles. The predicted octanol–water partition coefficient (Wildman–Crippen LogP) is 1.17. The van der Waals surface area contributed by atoms with Crippen molar-refractivity contribution in [3.05, 3.63) is 18.2 Å². The van der Waals surface area contributed by atoms with Crippen LogP contribution in [0.15, 0.2) is 12.4 Å². The summed E-state index contributed by atoms with van der Waals surface area (Å²) in [7, 11) is 5.82. The molecule has 2 atom stereocenters. The van der Waals surface area contributed by atoms with E-state index < -0.39 is 5.54 Å². The summed E-state index contributed by atoms with van der Waals surface area (Å²) in [5.41, 5.74) is -0.675. The number of carbonyl (C=O) groups is 1. The van der Waals surface area contributed by atoms with E-state index in [0.29, 0.717) is 13.0 Å². The van der Waals surface area contributed by atoms with E-state index in [1.807, 2.05) is 38.7 Å². The first-order valence-electron chi connectivity index (χ1n) is 7.36. The zero-order valence-corrected chi connectivity index (χ0v) is 14.0. The maximum absolute atomic E-state index is 12.1. The third-order valence-electron chi connectivity index (χ3n) is 4.05. The summed E-state index contributed by atoms with van der Waals surface area (Å²) in [6.07, 6.45) is 4.40. The predicted molar refractivity (Wildman–Crippen MR) is 82.9 cm³/mol. The van der Waals surface area contributed by atoms with Crippen molar-refractivity contribution in [3.8, 4) is 0 Å². The lowest BCUT2D eigenvalue weighted by Gasteiger charge is -2.33. The van der Waals surface area contributed by atoms with Gasteiger partial charge in [0.1, 0.15) is 11.4 Å². The number of ether oxygens (including phenoxy) is 1. The van der Waals surface area contributed by atoms with Crippen LogP contribution in [0.2, 0.25) is 0 Å². The van der Waals surface area contributed by atoms with E-state index in [-0.39, 0.29) is 12.0 Å². The van der Waals surface area contributed by atoms with Gasteiger partial charge in [0.2, 0.25) is 0 Å². The summed E-state index contributed by atoms with van der Waals surface area (Å²) in [6.45, 7) is 6.96. The van der Waals surface area contributed by atoms with Gasteiger partial charge < -0.3 is 14.6 Å². The highest BCUT2D eigenvalue weighted by Gasteiger charge is 2.35. The third-order valence-corrected chi connectivity index (χ3v) is 4.05. The number of carbonyl (C=O) groups excluding carboxylic acids is 1. The number of esters is 1. The van der Waals surface area contributed by atoms with E-state index in [1.165, 1.54) is 0 Å². The number of rotatable bonds is 8. The van der Waals surface area contributed by atoms with Crippen LogP contribution in [0, 0.1) is 0 Å². The van der Waals surface area contributed by atoms with E-state index >= 15 is 0 Å². The molecule has 1 aromatic heterocycles. The zero-order valence-electron chi connectivity index (χ0n) is 14.0. The highest BCUT2D eigenvalue weighted by molar-refractivity contribution is 5.80. The molecule has 0 radical (unpaired) electrons. The number of imidazole rings is 1. The summed E-state index contributed by atoms with van der Waals surface area (Å²) in [6, 6.07) is 0.212. The minimum atomic E-state index is -0.675. The number of aryl methyl sites for hydroxylation is 1. The van der Waals surface area contributed by atoms with Crippen LogP contribution in [-0.4, -0.2) is 52.7 Å². The lowest BCUT2D eigenvalue weighted by molar-refractivity contribution is -0.151. The van der Waals surface area contributed by atoms with Crippen molar-refractivity contribution < 1.29 is 9.53 Å². The SMILES string of the molecule is CCOC(=O)C(C)(CC(C)N(C)Cc1nccn1C)NC. The Labute approximate surface area is 127 Å². The van der Waals surface area contributed by atoms with Crippen molar-refractivity contribution in [2.45, 2.75) is 45.3 Å². The van der Waals surface area contributed by atoms with Crippen molar-refractivity contribution in [1.82, 2.24) is 19.8 Å². The molecular formula is C15H28N4O2. The Morgan fingerprint density at radius 2 is 2.29 bits per heavy atom. The first kappa shape index (κ1) is 17.7. The first-order chi connectivity index (χ1) is 9.84. The van der Waals surface area contributed by atoms with Gasteiger partial charge in [0.05, 0.1) is 13.2 Å². The minimum Gasteiger partial charge on any atom is -0.465 e. The molecule has 6 heteroatoms. The summed E-state index contributed by atoms with van der Waals surface area (Å²) in [5.74, 6) is 0.802. The number of nitrogens with zero attached hydrogens (tertiary/aromatic N) is 3. The number of likely N-dealkylation sites (N-methyl/N-ethyl adjacent to an activating group) is 1. The second kappa shape index (κ2) is 7.56. The van der Waals surface area contributed by atoms with E-state index in [1.54, 1.807) is 13.2 Å². The Kier molecular flexibility index (Phi) is 6.36. The summed E-state index contributed by atoms with van der Waals surface area (Å²) >= 11 is 0. The molecule has 0 bridgehead atoms. The Morgan fingerprint density at radius 3 is 2.76 bits per heavy atom. The van der Waals surface area contributed by atoms with Gasteiger partial charge in [-0.2, -0.15) is 0 Å². The number of nitrogens with one attached hydrogen (secondary N) is 1. The van der Waals surface area contributed by atoms with Gasteiger partial charge in [-0.25, -0.2) is 4.98 Å². The number of hydrogen-bond donors (Lipinski definition) is 1. The van der Waals surface area contributed by atoms with Gasteiger partial charge in [-0.3, -0.25) is 9.69 Å². The smallest absolute Gasteiger partial charge is 0.326 e. The van der Waals surface area contributed by atoms with Crippen LogP contribution in [0.4, 0.5) is 0 Å². The van der Waals surface area contributed by atoms with E-state index in [0.717, 1.165) is 12.4 Å². The fraction of sp³-hybridized carbons (Fsp3) is 0.733. The Balaban J connectivity index is 2.67. The molecular weight excluding hydrogens is 268 g/mol. The molecule has 0 saturated carbocycles. The molecule has 0 amide bonds. The van der Waals surface area contributed by atoms with Gasteiger partial charge >= 0.3 is 5.97 Å². The highest BCUT2D eigenvalue weighted by Crippen LogP contribution is 2.18. The van der Waals surface area contributed by atoms with Crippen LogP contribution >= 0.6 is 0 Å². The zero-order chi connectivity index (χ0) is 16.0. The van der Waals surface area contributed by atoms with Gasteiger partial charge in [0.15, 0.2) is 0 Å². The van der Waals surface area contributed by atoms with Crippen molar-refractivity contribution in [2.75, 3.05) is 20.7 Å². The Bertz CT molecular complexity index is 460. The molecule has 0 aliphatic carbocycles. The molecule has 1 heterocycles. The maximum Gasteiger partial charge on any atom is 0.326 e. The van der Waals surface area contributed by atoms with Gasteiger partial charge in [0, 0.05) is 25.5 Å². The topological polar surface area (TPSA) is 59.4 Å². The first-order valence-corrected chi connectivity index (χ1v) is 7.36. The molecule has 21 heavy (non-hydrogen) atoms. The molecule has 1 N–H and O–H groups in total. The quantitative estimate of drug-likeness (QED) is 0.730. The Hall–Kier alpha value is -1.40. The normalized spacial score (nSPS) is 15.8. The van der Waals surface area contributed by atoms with E-state index in [4.69, 9.17) is 4.74 Å². The fourth-order valence-corrected chi connectivity index (χ4v) is 2.25. The summed E-state index contributed by atoms with van der Waals surface area (Å²) in [5, 5.41) is 3.10. The van der Waals surface area contributed by atoms with Gasteiger partial charge in [0.25, 0.3) is 0 Å². The molecule has 2 unspecified atom stereocenters. The summed E-state index contributed by atoms with van der Waals surface area (Å²) in [4.78, 5) is 18.6. The van der Waals surface area contributed by atoms with E-state index in [2.05, 4.69) is 22.1 Å². The van der Waals surface area contributed by atoms with Crippen LogP contribution in [0.25, 0.3) is 0 Å². The van der Waals surface area contributed by atoms with E-state index in [9.17, 15) is 4.79 Å². The standard InChI is InChI=1S/C15H28N4O2/c1-7-21-14(20)15(3,16-4)10-12(2)19(6)11-13-17-8-9-18(13)5/h8-9,12,16H,7,10-11H2,1-6H3. The second-order valence-electron chi connectivity index (χ2n) is 5.73. The molecule has 0 aliphatic rings. The van der Waals surface area contributed by atoms with Crippen molar-refractivity contribution in [3.63, 3.8) is 0 Å². The van der Waals surface area contributed by atoms with Gasteiger partial charge in [-0.1, -0.05) is 0 Å². The molecule has 1 aromatic rings. The number of hydrogen-bond acceptors (Lipinski definition) is 5. The van der Waals surface area contributed by atoms with Gasteiger partial charge in [-0.15, -0.1) is 0 Å². The average Bonchev–Trinajstić information content (AvgIpc) is 2.84. The van der Waals surface area contributed by atoms with Crippen LogP contribution in [0.3, 0.4) is 0 Å². The lowest BCUT2D eigenvalue weighted by Crippen LogP contribution is -2.52. The second-order valence-corrected chi connectivity index (χ2v) is 5.73. The fourth-order valence-electron chi connectivity index (χ4n) is 2.25. The third kappa shape index (κ3) is 4.54.